The van der Waals surface area contributed by atoms with Gasteiger partial charge in [-0.3, -0.25) is 14.7 Å². The summed E-state index contributed by atoms with van der Waals surface area (Å²) in [5, 5.41) is 12.0. The Morgan fingerprint density at radius 1 is 1.26 bits per heavy atom. The molecule has 2 aliphatic heterocycles. The fraction of sp³-hybridized carbons (Fsp3) is 0.433. The van der Waals surface area contributed by atoms with E-state index in [4.69, 9.17) is 10.00 Å². The van der Waals surface area contributed by atoms with Crippen molar-refractivity contribution in [3.8, 4) is 6.07 Å². The fourth-order valence-electron chi connectivity index (χ4n) is 5.14. The average molecular weight is 549 g/mol. The normalized spacial score (nSPS) is 17.1. The second-order valence-corrected chi connectivity index (χ2v) is 12.0. The largest absolute Gasteiger partial charge is 0.369 e. The second-order valence-electron chi connectivity index (χ2n) is 9.61. The maximum absolute atomic E-state index is 11.2. The maximum atomic E-state index is 11.2. The first-order valence-electron chi connectivity index (χ1n) is 13.2. The van der Waals surface area contributed by atoms with E-state index in [0.717, 1.165) is 68.1 Å². The highest BCUT2D eigenvalue weighted by Crippen LogP contribution is 2.46. The average Bonchev–Trinajstić information content (AvgIpc) is 3.40. The first-order chi connectivity index (χ1) is 18.5. The number of rotatable bonds is 7. The van der Waals surface area contributed by atoms with Crippen LogP contribution in [0.5, 0.6) is 0 Å². The molecule has 8 heteroatoms. The minimum absolute atomic E-state index is 0.208. The fourth-order valence-corrected chi connectivity index (χ4v) is 6.99. The van der Waals surface area contributed by atoms with Crippen LogP contribution in [0.15, 0.2) is 53.6 Å². The molecule has 0 aliphatic carbocycles. The van der Waals surface area contributed by atoms with E-state index >= 15 is 0 Å². The Bertz CT molecular complexity index is 1200. The molecule has 0 saturated carbocycles. The molecule has 4 heterocycles. The first-order valence-corrected chi connectivity index (χ1v) is 15.0. The molecule has 1 fully saturated rings. The van der Waals surface area contributed by atoms with Crippen molar-refractivity contribution in [3.05, 3.63) is 80.8 Å². The van der Waals surface area contributed by atoms with Crippen LogP contribution in [-0.2, 0) is 23.3 Å². The number of benzene rings is 1. The summed E-state index contributed by atoms with van der Waals surface area (Å²) in [5.74, 6) is 1.10. The summed E-state index contributed by atoms with van der Waals surface area (Å²) in [4.78, 5) is 21.3. The lowest BCUT2D eigenvalue weighted by atomic mass is 9.84. The van der Waals surface area contributed by atoms with Gasteiger partial charge in [0.25, 0.3) is 0 Å². The molecule has 1 unspecified atom stereocenters. The summed E-state index contributed by atoms with van der Waals surface area (Å²) in [6.07, 6.45) is 5.71. The Morgan fingerprint density at radius 2 is 2.03 bits per heavy atom. The van der Waals surface area contributed by atoms with Gasteiger partial charge in [-0.25, -0.2) is 0 Å². The number of thiophene rings is 1. The number of aldehydes is 1. The Labute approximate surface area is 234 Å². The zero-order chi connectivity index (χ0) is 27.0. The SMILES string of the molecule is CC(c1ccc(C#N)cc1)N1CCC2(CC1)OCCc1cc(C=O)sc12.CCSc1ccc(CNC)nc1. The van der Waals surface area contributed by atoms with Gasteiger partial charge in [0.15, 0.2) is 6.29 Å². The third kappa shape index (κ3) is 6.71. The van der Waals surface area contributed by atoms with Gasteiger partial charge in [0, 0.05) is 41.6 Å². The van der Waals surface area contributed by atoms with Gasteiger partial charge in [-0.05, 0) is 80.4 Å². The number of fused-ring (bicyclic) bond motifs is 2. The molecule has 1 atom stereocenters. The van der Waals surface area contributed by atoms with Gasteiger partial charge in [0.1, 0.15) is 5.60 Å². The molecule has 1 spiro atoms. The van der Waals surface area contributed by atoms with Gasteiger partial charge in [0.05, 0.1) is 28.8 Å². The molecule has 200 valence electrons. The van der Waals surface area contributed by atoms with E-state index in [2.05, 4.69) is 59.4 Å². The molecule has 1 saturated heterocycles. The molecule has 1 N–H and O–H groups in total. The lowest BCUT2D eigenvalue weighted by Crippen LogP contribution is -2.46. The van der Waals surface area contributed by atoms with Crippen molar-refractivity contribution in [2.45, 2.75) is 56.2 Å². The van der Waals surface area contributed by atoms with Crippen LogP contribution >= 0.6 is 23.1 Å². The molecule has 3 aromatic rings. The highest BCUT2D eigenvalue weighted by Gasteiger charge is 2.43. The quantitative estimate of drug-likeness (QED) is 0.288. The molecule has 38 heavy (non-hydrogen) atoms. The van der Waals surface area contributed by atoms with E-state index in [1.165, 1.54) is 20.9 Å². The molecule has 2 aliphatic rings. The molecule has 0 radical (unpaired) electrons. The van der Waals surface area contributed by atoms with E-state index in [0.29, 0.717) is 11.6 Å². The summed E-state index contributed by atoms with van der Waals surface area (Å²) in [6, 6.07) is 16.6. The minimum atomic E-state index is -0.208. The number of nitrogens with zero attached hydrogens (tertiary/aromatic N) is 3. The zero-order valence-electron chi connectivity index (χ0n) is 22.4. The number of aromatic nitrogens is 1. The summed E-state index contributed by atoms with van der Waals surface area (Å²) in [6.45, 7) is 7.89. The number of hydrogen-bond acceptors (Lipinski definition) is 8. The van der Waals surface area contributed by atoms with Crippen molar-refractivity contribution in [1.29, 1.82) is 5.26 Å². The molecule has 6 nitrogen and oxygen atoms in total. The summed E-state index contributed by atoms with van der Waals surface area (Å²) < 4.78 is 6.29. The smallest absolute Gasteiger partial charge is 0.160 e. The molecule has 5 rings (SSSR count). The van der Waals surface area contributed by atoms with Crippen molar-refractivity contribution in [2.75, 3.05) is 32.5 Å². The van der Waals surface area contributed by atoms with Gasteiger partial charge < -0.3 is 10.1 Å². The Morgan fingerprint density at radius 3 is 2.63 bits per heavy atom. The molecule has 0 amide bonds. The molecule has 0 bridgehead atoms. The van der Waals surface area contributed by atoms with Gasteiger partial charge in [-0.1, -0.05) is 19.1 Å². The number of thioether (sulfide) groups is 1. The minimum Gasteiger partial charge on any atom is -0.369 e. The van der Waals surface area contributed by atoms with Crippen LogP contribution in [0.3, 0.4) is 0 Å². The number of carbonyl (C=O) groups excluding carboxylic acids is 1. The lowest BCUT2D eigenvalue weighted by Gasteiger charge is -2.45. The Hall–Kier alpha value is -2.54. The summed E-state index contributed by atoms with van der Waals surface area (Å²) in [5.41, 5.74) is 4.13. The van der Waals surface area contributed by atoms with Crippen molar-refractivity contribution >= 4 is 29.4 Å². The molecule has 2 aromatic heterocycles. The van der Waals surface area contributed by atoms with Crippen LogP contribution in [-0.4, -0.2) is 48.7 Å². The number of ether oxygens (including phenoxy) is 1. The lowest BCUT2D eigenvalue weighted by molar-refractivity contribution is -0.0994. The Balaban J connectivity index is 0.000000236. The second kappa shape index (κ2) is 13.5. The van der Waals surface area contributed by atoms with Gasteiger partial charge in [-0.2, -0.15) is 5.26 Å². The number of carbonyl (C=O) groups is 1. The van der Waals surface area contributed by atoms with Crippen LogP contribution < -0.4 is 5.32 Å². The number of nitrogens with one attached hydrogen (secondary N) is 1. The third-order valence-corrected chi connectivity index (χ3v) is 9.40. The van der Waals surface area contributed by atoms with Crippen molar-refractivity contribution in [3.63, 3.8) is 0 Å². The van der Waals surface area contributed by atoms with Gasteiger partial charge in [-0.15, -0.1) is 23.1 Å². The summed E-state index contributed by atoms with van der Waals surface area (Å²) in [7, 11) is 1.93. The molecular formula is C30H36N4O2S2. The predicted octanol–water partition coefficient (Wildman–Crippen LogP) is 5.97. The van der Waals surface area contributed by atoms with Crippen LogP contribution in [0.25, 0.3) is 0 Å². The molecule has 1 aromatic carbocycles. The standard InChI is InChI=1S/C21H22N2O2S.C9H14N2S/c1-15(17-4-2-16(13-22)3-5-17)23-9-7-21(8-10-23)20-18(6-11-25-21)12-19(14-24)26-20;1-3-12-9-5-4-8(6-10-2)11-7-9/h2-5,12,14-15H,6-11H2,1H3;4-5,7,10H,3,6H2,1-2H3. The predicted molar refractivity (Wildman–Crippen MR) is 155 cm³/mol. The highest BCUT2D eigenvalue weighted by molar-refractivity contribution is 7.99. The van der Waals surface area contributed by atoms with Crippen molar-refractivity contribution in [1.82, 2.24) is 15.2 Å². The van der Waals surface area contributed by atoms with E-state index in [9.17, 15) is 4.79 Å². The number of hydrogen-bond donors (Lipinski definition) is 1. The van der Waals surface area contributed by atoms with Crippen LogP contribution in [0, 0.1) is 11.3 Å². The number of nitriles is 1. The van der Waals surface area contributed by atoms with Crippen LogP contribution in [0.4, 0.5) is 0 Å². The first kappa shape index (κ1) is 28.5. The van der Waals surface area contributed by atoms with E-state index in [1.807, 2.05) is 43.2 Å². The van der Waals surface area contributed by atoms with Gasteiger partial charge >= 0.3 is 0 Å². The van der Waals surface area contributed by atoms with E-state index in [1.54, 1.807) is 11.3 Å². The highest BCUT2D eigenvalue weighted by atomic mass is 32.2. The third-order valence-electron chi connectivity index (χ3n) is 7.25. The molecular weight excluding hydrogens is 512 g/mol. The summed E-state index contributed by atoms with van der Waals surface area (Å²) >= 11 is 3.43. The van der Waals surface area contributed by atoms with E-state index in [-0.39, 0.29) is 5.60 Å². The number of piperidine rings is 1. The van der Waals surface area contributed by atoms with Crippen molar-refractivity contribution < 1.29 is 9.53 Å². The van der Waals surface area contributed by atoms with Crippen LogP contribution in [0.1, 0.15) is 69.7 Å². The van der Waals surface area contributed by atoms with Crippen LogP contribution in [0.2, 0.25) is 0 Å². The zero-order valence-corrected chi connectivity index (χ0v) is 24.0. The maximum Gasteiger partial charge on any atom is 0.160 e. The van der Waals surface area contributed by atoms with E-state index < -0.39 is 0 Å². The Kier molecular flexibility index (Phi) is 10.1. The monoisotopic (exact) mass is 548 g/mol. The number of pyridine rings is 1. The van der Waals surface area contributed by atoms with Gasteiger partial charge in [0.2, 0.25) is 0 Å². The topological polar surface area (TPSA) is 78.2 Å². The van der Waals surface area contributed by atoms with Crippen molar-refractivity contribution in [2.24, 2.45) is 0 Å². The number of likely N-dealkylation sites (tertiary alicyclic amines) is 1.